The Morgan fingerprint density at radius 3 is 2.43 bits per heavy atom. The van der Waals surface area contributed by atoms with Crippen molar-refractivity contribution in [1.82, 2.24) is 9.97 Å². The third kappa shape index (κ3) is 5.02. The number of hydrogen-bond donors (Lipinski definition) is 1. The first-order chi connectivity index (χ1) is 17.9. The normalized spacial score (nSPS) is 11.1. The summed E-state index contributed by atoms with van der Waals surface area (Å²) in [4.78, 5) is 21.9. The average molecular weight is 494 g/mol. The molecule has 0 aliphatic heterocycles. The summed E-state index contributed by atoms with van der Waals surface area (Å²) in [7, 11) is 3.18. The number of fused-ring (bicyclic) bond motifs is 2. The Morgan fingerprint density at radius 1 is 0.838 bits per heavy atom. The monoisotopic (exact) mass is 493 g/mol. The van der Waals surface area contributed by atoms with Crippen LogP contribution in [-0.2, 0) is 0 Å². The second-order valence-electron chi connectivity index (χ2n) is 8.95. The Bertz CT molecular complexity index is 1610. The van der Waals surface area contributed by atoms with Crippen molar-refractivity contribution in [2.75, 3.05) is 19.5 Å². The summed E-state index contributed by atoms with van der Waals surface area (Å²) in [5.41, 5.74) is 3.86. The highest BCUT2D eigenvalue weighted by Gasteiger charge is 2.13. The fraction of sp³-hybridized carbons (Fsp3) is 0.167. The second-order valence-corrected chi connectivity index (χ2v) is 8.95. The fourth-order valence-electron chi connectivity index (χ4n) is 4.14. The molecule has 0 unspecified atom stereocenters. The number of rotatable bonds is 7. The Morgan fingerprint density at radius 2 is 1.65 bits per heavy atom. The molecule has 3 aromatic carbocycles. The highest BCUT2D eigenvalue weighted by Crippen LogP contribution is 2.37. The van der Waals surface area contributed by atoms with Crippen LogP contribution in [0.5, 0.6) is 23.0 Å². The molecule has 2 aromatic heterocycles. The van der Waals surface area contributed by atoms with Crippen molar-refractivity contribution in [2.45, 2.75) is 19.8 Å². The maximum absolute atomic E-state index is 13.0. The molecule has 186 valence electrons. The number of nitrogens with one attached hydrogen (secondary N) is 1. The fourth-order valence-corrected chi connectivity index (χ4v) is 4.14. The van der Waals surface area contributed by atoms with Gasteiger partial charge in [-0.2, -0.15) is 0 Å². The number of methoxy groups -OCH3 is 2. The Balaban J connectivity index is 1.43. The van der Waals surface area contributed by atoms with Gasteiger partial charge in [-0.3, -0.25) is 14.8 Å². The zero-order chi connectivity index (χ0) is 25.9. The lowest BCUT2D eigenvalue weighted by Crippen LogP contribution is -2.12. The Labute approximate surface area is 215 Å². The third-order valence-corrected chi connectivity index (χ3v) is 6.16. The minimum atomic E-state index is -0.220. The molecule has 0 radical (unpaired) electrons. The van der Waals surface area contributed by atoms with Crippen molar-refractivity contribution in [1.29, 1.82) is 0 Å². The minimum absolute atomic E-state index is 0.220. The molecule has 5 aromatic rings. The van der Waals surface area contributed by atoms with E-state index in [0.29, 0.717) is 34.5 Å². The second kappa shape index (κ2) is 10.1. The molecule has 0 spiro atoms. The summed E-state index contributed by atoms with van der Waals surface area (Å²) in [6.07, 6.45) is 3.27. The van der Waals surface area contributed by atoms with Gasteiger partial charge in [0, 0.05) is 34.9 Å². The van der Waals surface area contributed by atoms with Crippen molar-refractivity contribution in [3.8, 4) is 23.0 Å². The summed E-state index contributed by atoms with van der Waals surface area (Å²) in [6, 6.07) is 20.7. The van der Waals surface area contributed by atoms with E-state index < -0.39 is 0 Å². The first-order valence-electron chi connectivity index (χ1n) is 11.9. The highest BCUT2D eigenvalue weighted by molar-refractivity contribution is 6.05. The van der Waals surface area contributed by atoms with Crippen LogP contribution in [-0.4, -0.2) is 30.1 Å². The number of amides is 1. The van der Waals surface area contributed by atoms with Gasteiger partial charge in [-0.25, -0.2) is 0 Å². The topological polar surface area (TPSA) is 82.6 Å². The zero-order valence-corrected chi connectivity index (χ0v) is 21.1. The number of aromatic nitrogens is 2. The van der Waals surface area contributed by atoms with E-state index in [1.165, 1.54) is 0 Å². The summed E-state index contributed by atoms with van der Waals surface area (Å²) in [5.74, 6) is 2.57. The van der Waals surface area contributed by atoms with E-state index in [2.05, 4.69) is 35.2 Å². The maximum atomic E-state index is 13.0. The molecule has 1 amide bonds. The van der Waals surface area contributed by atoms with Crippen molar-refractivity contribution in [3.63, 3.8) is 0 Å². The van der Waals surface area contributed by atoms with Gasteiger partial charge in [-0.15, -0.1) is 0 Å². The molecule has 0 saturated heterocycles. The Kier molecular flexibility index (Phi) is 6.60. The number of carbonyl (C=O) groups is 1. The van der Waals surface area contributed by atoms with Gasteiger partial charge >= 0.3 is 0 Å². The van der Waals surface area contributed by atoms with Crippen LogP contribution in [0.1, 0.15) is 35.7 Å². The standard InChI is InChI=1S/C30H27N3O4/c1-18(2)19-6-5-7-22(13-19)33-30(34)21-12-20-14-23(8-9-25(20)32-17-21)37-27-10-11-31-26-16-29(36-4)28(35-3)15-24(26)27/h5-18H,1-4H3,(H,33,34). The van der Waals surface area contributed by atoms with Gasteiger partial charge in [0.15, 0.2) is 11.5 Å². The van der Waals surface area contributed by atoms with Gasteiger partial charge in [0.2, 0.25) is 0 Å². The molecule has 0 aliphatic rings. The van der Waals surface area contributed by atoms with Crippen LogP contribution in [0.15, 0.2) is 79.1 Å². The van der Waals surface area contributed by atoms with Crippen molar-refractivity contribution in [2.24, 2.45) is 0 Å². The molecule has 0 atom stereocenters. The van der Waals surface area contributed by atoms with Gasteiger partial charge in [0.1, 0.15) is 11.5 Å². The van der Waals surface area contributed by atoms with Crippen molar-refractivity contribution < 1.29 is 19.0 Å². The van der Waals surface area contributed by atoms with E-state index in [1.54, 1.807) is 32.7 Å². The minimum Gasteiger partial charge on any atom is -0.493 e. The van der Waals surface area contributed by atoms with Crippen LogP contribution in [0.4, 0.5) is 5.69 Å². The lowest BCUT2D eigenvalue weighted by Gasteiger charge is -2.13. The number of carbonyl (C=O) groups excluding carboxylic acids is 1. The van der Waals surface area contributed by atoms with E-state index in [-0.39, 0.29) is 5.91 Å². The number of nitrogens with zero attached hydrogens (tertiary/aromatic N) is 2. The van der Waals surface area contributed by atoms with Crippen molar-refractivity contribution in [3.05, 3.63) is 90.3 Å². The van der Waals surface area contributed by atoms with Crippen LogP contribution in [0.2, 0.25) is 0 Å². The van der Waals surface area contributed by atoms with E-state index in [1.807, 2.05) is 54.6 Å². The van der Waals surface area contributed by atoms with Crippen LogP contribution in [0.3, 0.4) is 0 Å². The third-order valence-electron chi connectivity index (χ3n) is 6.16. The zero-order valence-electron chi connectivity index (χ0n) is 21.1. The SMILES string of the molecule is COc1cc2nccc(Oc3ccc4ncc(C(=O)Nc5cccc(C(C)C)c5)cc4c3)c2cc1OC. The van der Waals surface area contributed by atoms with Crippen LogP contribution in [0, 0.1) is 0 Å². The molecule has 7 heteroatoms. The molecule has 2 heterocycles. The van der Waals surface area contributed by atoms with Crippen LogP contribution >= 0.6 is 0 Å². The predicted molar refractivity (Wildman–Crippen MR) is 145 cm³/mol. The molecule has 0 bridgehead atoms. The molecular weight excluding hydrogens is 466 g/mol. The summed E-state index contributed by atoms with van der Waals surface area (Å²) < 4.78 is 17.1. The first kappa shape index (κ1) is 24.1. The molecule has 5 rings (SSSR count). The maximum Gasteiger partial charge on any atom is 0.257 e. The number of benzene rings is 3. The lowest BCUT2D eigenvalue weighted by molar-refractivity contribution is 0.102. The quantitative estimate of drug-likeness (QED) is 0.264. The number of anilines is 1. The first-order valence-corrected chi connectivity index (χ1v) is 11.9. The van der Waals surface area contributed by atoms with E-state index in [4.69, 9.17) is 14.2 Å². The predicted octanol–water partition coefficient (Wildman–Crippen LogP) is 6.97. The van der Waals surface area contributed by atoms with E-state index in [0.717, 1.165) is 33.1 Å². The van der Waals surface area contributed by atoms with Gasteiger partial charge in [0.05, 0.1) is 30.8 Å². The molecule has 0 fully saturated rings. The van der Waals surface area contributed by atoms with Gasteiger partial charge in [-0.05, 0) is 60.0 Å². The summed E-state index contributed by atoms with van der Waals surface area (Å²) in [6.45, 7) is 4.24. The largest absolute Gasteiger partial charge is 0.493 e. The molecule has 7 nitrogen and oxygen atoms in total. The summed E-state index contributed by atoms with van der Waals surface area (Å²) in [5, 5.41) is 4.55. The van der Waals surface area contributed by atoms with E-state index in [9.17, 15) is 4.79 Å². The van der Waals surface area contributed by atoms with E-state index >= 15 is 0 Å². The van der Waals surface area contributed by atoms with Gasteiger partial charge in [0.25, 0.3) is 5.91 Å². The lowest BCUT2D eigenvalue weighted by atomic mass is 10.0. The van der Waals surface area contributed by atoms with Gasteiger partial charge in [-0.1, -0.05) is 26.0 Å². The van der Waals surface area contributed by atoms with Gasteiger partial charge < -0.3 is 19.5 Å². The summed E-state index contributed by atoms with van der Waals surface area (Å²) >= 11 is 0. The van der Waals surface area contributed by atoms with Crippen LogP contribution in [0.25, 0.3) is 21.8 Å². The van der Waals surface area contributed by atoms with Crippen molar-refractivity contribution >= 4 is 33.4 Å². The highest BCUT2D eigenvalue weighted by atomic mass is 16.5. The Hall–Kier alpha value is -4.65. The smallest absolute Gasteiger partial charge is 0.257 e. The number of hydrogen-bond acceptors (Lipinski definition) is 6. The molecule has 0 saturated carbocycles. The number of ether oxygens (including phenoxy) is 3. The molecule has 0 aliphatic carbocycles. The number of pyridine rings is 2. The molecule has 1 N–H and O–H groups in total. The average Bonchev–Trinajstić information content (AvgIpc) is 2.92. The molecular formula is C30H27N3O4. The van der Waals surface area contributed by atoms with Crippen LogP contribution < -0.4 is 19.5 Å². The molecule has 37 heavy (non-hydrogen) atoms.